The first kappa shape index (κ1) is 16.7. The fraction of sp³-hybridized carbons (Fsp3) is 0.789. The number of hydrogen-bond acceptors (Lipinski definition) is 4. The van der Waals surface area contributed by atoms with E-state index < -0.39 is 0 Å². The highest BCUT2D eigenvalue weighted by atomic mass is 16.2. The molecule has 2 saturated heterocycles. The minimum Gasteiger partial charge on any atom is -0.282 e. The Morgan fingerprint density at radius 3 is 1.12 bits per heavy atom. The summed E-state index contributed by atoms with van der Waals surface area (Å²) >= 11 is 0. The topological polar surface area (TPSA) is 74.8 Å². The van der Waals surface area contributed by atoms with Crippen LogP contribution < -0.4 is 0 Å². The molecule has 0 aromatic heterocycles. The molecule has 0 aromatic carbocycles. The number of nitrogens with zero attached hydrogens (tertiary/aromatic N) is 2. The maximum Gasteiger partial charge on any atom is 0.233 e. The van der Waals surface area contributed by atoms with Gasteiger partial charge in [0.05, 0.1) is 23.7 Å². The predicted molar refractivity (Wildman–Crippen MR) is 89.0 cm³/mol. The number of likely N-dealkylation sites (tertiary alicyclic amines) is 2. The standard InChI is InChI=1S/C19H26N2O4/c22-16-12-6-1-2-7-13(12)17(23)20(16)10-5-11-21-18(24)14-8-3-4-9-15(14)19(21)25/h12-15H,1-11H2. The molecule has 4 rings (SSSR count). The maximum absolute atomic E-state index is 12.5. The normalized spacial score (nSPS) is 35.4. The van der Waals surface area contributed by atoms with Gasteiger partial charge in [-0.15, -0.1) is 0 Å². The number of amides is 4. The van der Waals surface area contributed by atoms with Crippen molar-refractivity contribution >= 4 is 23.6 Å². The molecule has 4 amide bonds. The van der Waals surface area contributed by atoms with E-state index >= 15 is 0 Å². The van der Waals surface area contributed by atoms with Crippen LogP contribution in [0.2, 0.25) is 0 Å². The van der Waals surface area contributed by atoms with Crippen molar-refractivity contribution in [3.8, 4) is 0 Å². The Kier molecular flexibility index (Phi) is 4.38. The molecule has 4 fully saturated rings. The van der Waals surface area contributed by atoms with Crippen molar-refractivity contribution in [2.45, 2.75) is 57.8 Å². The Bertz CT molecular complexity index is 517. The zero-order valence-corrected chi connectivity index (χ0v) is 14.6. The van der Waals surface area contributed by atoms with Crippen LogP contribution in [-0.4, -0.2) is 46.5 Å². The third-order valence-electron chi connectivity index (χ3n) is 6.63. The van der Waals surface area contributed by atoms with Gasteiger partial charge in [0, 0.05) is 13.1 Å². The average Bonchev–Trinajstić information content (AvgIpc) is 3.03. The third-order valence-corrected chi connectivity index (χ3v) is 6.63. The van der Waals surface area contributed by atoms with E-state index in [2.05, 4.69) is 0 Å². The number of fused-ring (bicyclic) bond motifs is 2. The zero-order chi connectivity index (χ0) is 17.6. The van der Waals surface area contributed by atoms with Gasteiger partial charge in [-0.1, -0.05) is 25.7 Å². The van der Waals surface area contributed by atoms with Crippen molar-refractivity contribution in [3.63, 3.8) is 0 Å². The molecule has 0 aromatic rings. The van der Waals surface area contributed by atoms with Gasteiger partial charge in [-0.25, -0.2) is 0 Å². The number of carbonyl (C=O) groups excluding carboxylic acids is 4. The minimum atomic E-state index is -0.126. The molecule has 4 atom stereocenters. The van der Waals surface area contributed by atoms with Crippen LogP contribution in [0.15, 0.2) is 0 Å². The summed E-state index contributed by atoms with van der Waals surface area (Å²) < 4.78 is 0. The van der Waals surface area contributed by atoms with Crippen LogP contribution in [0.3, 0.4) is 0 Å². The molecule has 0 radical (unpaired) electrons. The Labute approximate surface area is 147 Å². The highest BCUT2D eigenvalue weighted by Crippen LogP contribution is 2.39. The van der Waals surface area contributed by atoms with Crippen molar-refractivity contribution in [1.82, 2.24) is 9.80 Å². The summed E-state index contributed by atoms with van der Waals surface area (Å²) in [7, 11) is 0. The van der Waals surface area contributed by atoms with Crippen LogP contribution in [-0.2, 0) is 19.2 Å². The number of carbonyl (C=O) groups is 4. The number of rotatable bonds is 4. The fourth-order valence-electron chi connectivity index (χ4n) is 5.29. The van der Waals surface area contributed by atoms with E-state index in [1.54, 1.807) is 0 Å². The second-order valence-electron chi connectivity index (χ2n) is 8.00. The Balaban J connectivity index is 1.35. The van der Waals surface area contributed by atoms with Crippen LogP contribution in [0.5, 0.6) is 0 Å². The quantitative estimate of drug-likeness (QED) is 0.727. The van der Waals surface area contributed by atoms with Gasteiger partial charge in [-0.3, -0.25) is 29.0 Å². The highest BCUT2D eigenvalue weighted by Gasteiger charge is 2.49. The summed E-state index contributed by atoms with van der Waals surface area (Å²) in [6.45, 7) is 0.661. The van der Waals surface area contributed by atoms with Gasteiger partial charge in [0.15, 0.2) is 0 Å². The van der Waals surface area contributed by atoms with Gasteiger partial charge in [-0.05, 0) is 32.1 Å². The molecule has 2 aliphatic heterocycles. The number of imide groups is 2. The van der Waals surface area contributed by atoms with Crippen molar-refractivity contribution in [2.24, 2.45) is 23.7 Å². The lowest BCUT2D eigenvalue weighted by molar-refractivity contribution is -0.140. The van der Waals surface area contributed by atoms with Gasteiger partial charge in [0.1, 0.15) is 0 Å². The van der Waals surface area contributed by atoms with Crippen LogP contribution in [0.4, 0.5) is 0 Å². The average molecular weight is 346 g/mol. The highest BCUT2D eigenvalue weighted by molar-refractivity contribution is 6.06. The molecule has 0 N–H and O–H groups in total. The fourth-order valence-corrected chi connectivity index (χ4v) is 5.29. The molecule has 25 heavy (non-hydrogen) atoms. The summed E-state index contributed by atoms with van der Waals surface area (Å²) in [6, 6.07) is 0. The lowest BCUT2D eigenvalue weighted by Gasteiger charge is -2.19. The van der Waals surface area contributed by atoms with Gasteiger partial charge in [0.25, 0.3) is 0 Å². The number of hydrogen-bond donors (Lipinski definition) is 0. The molecule has 4 aliphatic rings. The summed E-state index contributed by atoms with van der Waals surface area (Å²) in [5.41, 5.74) is 0. The Hall–Kier alpha value is -1.72. The van der Waals surface area contributed by atoms with E-state index in [0.29, 0.717) is 19.5 Å². The van der Waals surface area contributed by atoms with Gasteiger partial charge >= 0.3 is 0 Å². The molecule has 6 nitrogen and oxygen atoms in total. The Morgan fingerprint density at radius 2 is 0.840 bits per heavy atom. The molecule has 6 heteroatoms. The summed E-state index contributed by atoms with van der Waals surface area (Å²) in [6.07, 6.45) is 7.85. The summed E-state index contributed by atoms with van der Waals surface area (Å²) in [5, 5.41) is 0. The van der Waals surface area contributed by atoms with Gasteiger partial charge in [-0.2, -0.15) is 0 Å². The van der Waals surface area contributed by atoms with Crippen molar-refractivity contribution < 1.29 is 19.2 Å². The lowest BCUT2D eigenvalue weighted by atomic mass is 9.81. The first-order chi connectivity index (χ1) is 12.1. The van der Waals surface area contributed by atoms with Crippen molar-refractivity contribution in [3.05, 3.63) is 0 Å². The van der Waals surface area contributed by atoms with Crippen LogP contribution in [0, 0.1) is 23.7 Å². The largest absolute Gasteiger partial charge is 0.282 e. The Morgan fingerprint density at radius 1 is 0.560 bits per heavy atom. The van der Waals surface area contributed by atoms with Crippen LogP contribution >= 0.6 is 0 Å². The van der Waals surface area contributed by atoms with Crippen LogP contribution in [0.1, 0.15) is 57.8 Å². The molecule has 2 saturated carbocycles. The zero-order valence-electron chi connectivity index (χ0n) is 14.6. The van der Waals surface area contributed by atoms with Crippen molar-refractivity contribution in [1.29, 1.82) is 0 Å². The van der Waals surface area contributed by atoms with E-state index in [0.717, 1.165) is 51.4 Å². The monoisotopic (exact) mass is 346 g/mol. The SMILES string of the molecule is O=C1C2CCCCC2C(=O)N1CCCN1C(=O)C2CCCCC2C1=O. The summed E-state index contributed by atoms with van der Waals surface area (Å²) in [5.74, 6) is -0.661. The molecule has 136 valence electrons. The molecular formula is C19H26N2O4. The first-order valence-corrected chi connectivity index (χ1v) is 9.80. The van der Waals surface area contributed by atoms with E-state index in [9.17, 15) is 19.2 Å². The molecule has 2 heterocycles. The van der Waals surface area contributed by atoms with E-state index in [-0.39, 0.29) is 47.3 Å². The second kappa shape index (κ2) is 6.54. The smallest absolute Gasteiger partial charge is 0.233 e. The molecule has 2 aliphatic carbocycles. The van der Waals surface area contributed by atoms with Gasteiger partial charge < -0.3 is 0 Å². The molecule has 0 spiro atoms. The molecular weight excluding hydrogens is 320 g/mol. The van der Waals surface area contributed by atoms with E-state index in [1.165, 1.54) is 9.80 Å². The predicted octanol–water partition coefficient (Wildman–Crippen LogP) is 1.73. The van der Waals surface area contributed by atoms with E-state index in [4.69, 9.17) is 0 Å². The summed E-state index contributed by atoms with van der Waals surface area (Å²) in [4.78, 5) is 52.6. The lowest BCUT2D eigenvalue weighted by Crippen LogP contribution is -2.37. The maximum atomic E-state index is 12.5. The molecule has 4 unspecified atom stereocenters. The first-order valence-electron chi connectivity index (χ1n) is 9.80. The van der Waals surface area contributed by atoms with E-state index in [1.807, 2.05) is 0 Å². The van der Waals surface area contributed by atoms with Crippen LogP contribution in [0.25, 0.3) is 0 Å². The minimum absolute atomic E-state index is 0.0394. The third kappa shape index (κ3) is 2.70. The van der Waals surface area contributed by atoms with Gasteiger partial charge in [0.2, 0.25) is 23.6 Å². The van der Waals surface area contributed by atoms with Crippen molar-refractivity contribution in [2.75, 3.05) is 13.1 Å². The molecule has 0 bridgehead atoms. The second-order valence-corrected chi connectivity index (χ2v) is 8.00.